The first-order valence-electron chi connectivity index (χ1n) is 6.68. The molecular formula is C12H24N4O2S. The number of thioether (sulfide) groups is 1. The summed E-state index contributed by atoms with van der Waals surface area (Å²) in [4.78, 5) is 25.2. The van der Waals surface area contributed by atoms with Crippen LogP contribution < -0.4 is 17.0 Å². The molecule has 1 aliphatic heterocycles. The maximum Gasteiger partial charge on any atom is 0.237 e. The summed E-state index contributed by atoms with van der Waals surface area (Å²) in [5, 5.41) is 0.412. The van der Waals surface area contributed by atoms with E-state index in [0.29, 0.717) is 43.5 Å². The normalized spacial score (nSPS) is 18.2. The second-order valence-corrected chi connectivity index (χ2v) is 6.29. The number of hydrogen-bond acceptors (Lipinski definition) is 5. The topological polar surface area (TPSA) is 101 Å². The third kappa shape index (κ3) is 5.38. The molecule has 0 bridgehead atoms. The van der Waals surface area contributed by atoms with Gasteiger partial charge in [-0.3, -0.25) is 15.0 Å². The van der Waals surface area contributed by atoms with Crippen molar-refractivity contribution >= 4 is 23.6 Å². The van der Waals surface area contributed by atoms with Crippen molar-refractivity contribution in [3.8, 4) is 0 Å². The predicted molar refractivity (Wildman–Crippen MR) is 77.2 cm³/mol. The molecule has 1 heterocycles. The van der Waals surface area contributed by atoms with E-state index < -0.39 is 0 Å². The van der Waals surface area contributed by atoms with E-state index in [1.54, 1.807) is 11.8 Å². The predicted octanol–water partition coefficient (Wildman–Crippen LogP) is -0.315. The standard InChI is InChI=1S/C12H24N4O2S/c1-9(2-5-13)19-8-11(17)16-6-3-10(4-7-16)12(18)15-14/h9-10H,2-8,13-14H2,1H3,(H,15,18). The Morgan fingerprint density at radius 3 is 2.58 bits per heavy atom. The van der Waals surface area contributed by atoms with Gasteiger partial charge in [0.15, 0.2) is 0 Å². The summed E-state index contributed by atoms with van der Waals surface area (Å²) in [6.07, 6.45) is 2.31. The van der Waals surface area contributed by atoms with Crippen molar-refractivity contribution in [2.45, 2.75) is 31.4 Å². The number of rotatable bonds is 6. The lowest BCUT2D eigenvalue weighted by molar-refractivity contribution is -0.133. The third-order valence-corrected chi connectivity index (χ3v) is 4.64. The maximum atomic E-state index is 12.0. The average molecular weight is 288 g/mol. The average Bonchev–Trinajstić information content (AvgIpc) is 2.44. The molecule has 0 aromatic carbocycles. The highest BCUT2D eigenvalue weighted by Gasteiger charge is 2.26. The molecule has 0 saturated carbocycles. The molecule has 5 N–H and O–H groups in total. The molecule has 7 heteroatoms. The molecular weight excluding hydrogens is 264 g/mol. The molecule has 0 aliphatic carbocycles. The number of hydrazine groups is 1. The molecule has 1 atom stereocenters. The molecule has 1 aliphatic rings. The van der Waals surface area contributed by atoms with E-state index in [9.17, 15) is 9.59 Å². The molecule has 1 saturated heterocycles. The number of hydrogen-bond donors (Lipinski definition) is 3. The second kappa shape index (κ2) is 8.39. The van der Waals surface area contributed by atoms with Gasteiger partial charge in [0.25, 0.3) is 0 Å². The van der Waals surface area contributed by atoms with Crippen LogP contribution in [0, 0.1) is 5.92 Å². The summed E-state index contributed by atoms with van der Waals surface area (Å²) in [6.45, 7) is 4.02. The van der Waals surface area contributed by atoms with Gasteiger partial charge in [-0.05, 0) is 25.8 Å². The highest BCUT2D eigenvalue weighted by molar-refractivity contribution is 8.00. The van der Waals surface area contributed by atoms with E-state index in [2.05, 4.69) is 12.3 Å². The van der Waals surface area contributed by atoms with Gasteiger partial charge in [-0.15, -0.1) is 11.8 Å². The van der Waals surface area contributed by atoms with Crippen LogP contribution in [0.5, 0.6) is 0 Å². The Hall–Kier alpha value is -0.790. The van der Waals surface area contributed by atoms with Crippen LogP contribution in [0.4, 0.5) is 0 Å². The van der Waals surface area contributed by atoms with E-state index in [0.717, 1.165) is 6.42 Å². The van der Waals surface area contributed by atoms with Crippen LogP contribution in [0.1, 0.15) is 26.2 Å². The van der Waals surface area contributed by atoms with Crippen LogP contribution >= 0.6 is 11.8 Å². The Morgan fingerprint density at radius 1 is 1.42 bits per heavy atom. The lowest BCUT2D eigenvalue weighted by atomic mass is 9.96. The van der Waals surface area contributed by atoms with Crippen molar-refractivity contribution in [1.82, 2.24) is 10.3 Å². The molecule has 1 unspecified atom stereocenters. The lowest BCUT2D eigenvalue weighted by Crippen LogP contribution is -2.45. The first-order valence-corrected chi connectivity index (χ1v) is 7.73. The fourth-order valence-corrected chi connectivity index (χ4v) is 3.04. The van der Waals surface area contributed by atoms with E-state index in [4.69, 9.17) is 11.6 Å². The van der Waals surface area contributed by atoms with Crippen LogP contribution in [0.15, 0.2) is 0 Å². The summed E-state index contributed by atoms with van der Waals surface area (Å²) in [5.41, 5.74) is 7.65. The van der Waals surface area contributed by atoms with Crippen molar-refractivity contribution in [2.24, 2.45) is 17.5 Å². The van der Waals surface area contributed by atoms with Gasteiger partial charge in [0, 0.05) is 24.3 Å². The highest BCUT2D eigenvalue weighted by atomic mass is 32.2. The number of nitrogens with one attached hydrogen (secondary N) is 1. The summed E-state index contributed by atoms with van der Waals surface area (Å²) in [7, 11) is 0. The molecule has 0 radical (unpaired) electrons. The number of carbonyl (C=O) groups excluding carboxylic acids is 2. The minimum Gasteiger partial charge on any atom is -0.342 e. The smallest absolute Gasteiger partial charge is 0.237 e. The number of nitrogens with zero attached hydrogens (tertiary/aromatic N) is 1. The van der Waals surface area contributed by atoms with Crippen molar-refractivity contribution in [3.05, 3.63) is 0 Å². The zero-order valence-electron chi connectivity index (χ0n) is 11.4. The van der Waals surface area contributed by atoms with Crippen molar-refractivity contribution in [3.63, 3.8) is 0 Å². The molecule has 19 heavy (non-hydrogen) atoms. The highest BCUT2D eigenvalue weighted by Crippen LogP contribution is 2.19. The van der Waals surface area contributed by atoms with Gasteiger partial charge in [0.1, 0.15) is 0 Å². The summed E-state index contributed by atoms with van der Waals surface area (Å²) in [5.74, 6) is 5.58. The number of amides is 2. The van der Waals surface area contributed by atoms with E-state index in [-0.39, 0.29) is 17.7 Å². The number of carbonyl (C=O) groups is 2. The number of nitrogens with two attached hydrogens (primary N) is 2. The second-order valence-electron chi connectivity index (χ2n) is 4.86. The van der Waals surface area contributed by atoms with Gasteiger partial charge in [0.05, 0.1) is 5.75 Å². The molecule has 0 spiro atoms. The minimum atomic E-state index is -0.127. The number of likely N-dealkylation sites (tertiary alicyclic amines) is 1. The van der Waals surface area contributed by atoms with Crippen LogP contribution in [-0.4, -0.2) is 47.4 Å². The van der Waals surface area contributed by atoms with Gasteiger partial charge in [-0.2, -0.15) is 0 Å². The van der Waals surface area contributed by atoms with E-state index in [1.165, 1.54) is 0 Å². The number of piperidine rings is 1. The largest absolute Gasteiger partial charge is 0.342 e. The van der Waals surface area contributed by atoms with Crippen molar-refractivity contribution in [1.29, 1.82) is 0 Å². The van der Waals surface area contributed by atoms with E-state index in [1.807, 2.05) is 4.90 Å². The van der Waals surface area contributed by atoms with Gasteiger partial charge >= 0.3 is 0 Å². The zero-order chi connectivity index (χ0) is 14.3. The Morgan fingerprint density at radius 2 is 2.05 bits per heavy atom. The fraction of sp³-hybridized carbons (Fsp3) is 0.833. The quantitative estimate of drug-likeness (QED) is 0.353. The van der Waals surface area contributed by atoms with Crippen LogP contribution in [0.2, 0.25) is 0 Å². The molecule has 1 fully saturated rings. The molecule has 0 aromatic rings. The van der Waals surface area contributed by atoms with Gasteiger partial charge in [-0.25, -0.2) is 5.84 Å². The molecule has 0 aromatic heterocycles. The SMILES string of the molecule is CC(CCN)SCC(=O)N1CCC(C(=O)NN)CC1. The zero-order valence-corrected chi connectivity index (χ0v) is 12.2. The Balaban J connectivity index is 2.27. The first kappa shape index (κ1) is 16.3. The molecule has 2 amide bonds. The summed E-state index contributed by atoms with van der Waals surface area (Å²) in [6, 6.07) is 0. The Labute approximate surface area is 118 Å². The minimum absolute atomic E-state index is 0.0575. The van der Waals surface area contributed by atoms with Gasteiger partial charge in [-0.1, -0.05) is 6.92 Å². The van der Waals surface area contributed by atoms with Crippen molar-refractivity contribution < 1.29 is 9.59 Å². The van der Waals surface area contributed by atoms with Gasteiger partial charge < -0.3 is 10.6 Å². The fourth-order valence-electron chi connectivity index (χ4n) is 2.13. The molecule has 110 valence electrons. The Bertz CT molecular complexity index is 306. The first-order chi connectivity index (χ1) is 9.08. The summed E-state index contributed by atoms with van der Waals surface area (Å²) < 4.78 is 0. The molecule has 6 nitrogen and oxygen atoms in total. The monoisotopic (exact) mass is 288 g/mol. The van der Waals surface area contributed by atoms with Gasteiger partial charge in [0.2, 0.25) is 11.8 Å². The van der Waals surface area contributed by atoms with Crippen molar-refractivity contribution in [2.75, 3.05) is 25.4 Å². The van der Waals surface area contributed by atoms with E-state index >= 15 is 0 Å². The van der Waals surface area contributed by atoms with Crippen LogP contribution in [0.3, 0.4) is 0 Å². The van der Waals surface area contributed by atoms with Crippen LogP contribution in [0.25, 0.3) is 0 Å². The maximum absolute atomic E-state index is 12.0. The molecule has 1 rings (SSSR count). The Kier molecular flexibility index (Phi) is 7.19. The lowest BCUT2D eigenvalue weighted by Gasteiger charge is -2.31. The summed E-state index contributed by atoms with van der Waals surface area (Å²) >= 11 is 1.64. The van der Waals surface area contributed by atoms with Crippen LogP contribution in [-0.2, 0) is 9.59 Å². The third-order valence-electron chi connectivity index (χ3n) is 3.43.